The number of aromatic nitrogens is 2. The SMILES string of the molecule is CC.CCCOC.COc1cc2[nH]cc(C)c2nc1C1=CC=C(C(C)C)CNC1=O. The van der Waals surface area contributed by atoms with Crippen molar-refractivity contribution >= 4 is 22.5 Å². The number of ether oxygens (including phenoxy) is 2. The summed E-state index contributed by atoms with van der Waals surface area (Å²) in [5.41, 5.74) is 5.08. The van der Waals surface area contributed by atoms with Gasteiger partial charge in [-0.2, -0.15) is 0 Å². The van der Waals surface area contributed by atoms with E-state index in [2.05, 4.69) is 36.1 Å². The molecule has 30 heavy (non-hydrogen) atoms. The zero-order chi connectivity index (χ0) is 22.7. The van der Waals surface area contributed by atoms with Crippen molar-refractivity contribution in [3.05, 3.63) is 41.2 Å². The van der Waals surface area contributed by atoms with E-state index in [0.29, 0.717) is 29.5 Å². The molecule has 3 heterocycles. The van der Waals surface area contributed by atoms with Crippen LogP contribution in [0, 0.1) is 12.8 Å². The Morgan fingerprint density at radius 3 is 2.43 bits per heavy atom. The van der Waals surface area contributed by atoms with E-state index < -0.39 is 0 Å². The van der Waals surface area contributed by atoms with Gasteiger partial charge in [-0.05, 0) is 36.5 Å². The Morgan fingerprint density at radius 2 is 1.90 bits per heavy atom. The number of nitrogens with zero attached hydrogens (tertiary/aromatic N) is 1. The molecule has 3 rings (SSSR count). The van der Waals surface area contributed by atoms with Crippen molar-refractivity contribution in [3.8, 4) is 5.75 Å². The third-order valence-corrected chi connectivity index (χ3v) is 4.59. The van der Waals surface area contributed by atoms with Crippen LogP contribution in [0.25, 0.3) is 16.6 Å². The topological polar surface area (TPSA) is 76.2 Å². The summed E-state index contributed by atoms with van der Waals surface area (Å²) in [5, 5.41) is 2.95. The Kier molecular flexibility index (Phi) is 10.9. The molecule has 0 aromatic carbocycles. The van der Waals surface area contributed by atoms with E-state index in [1.54, 1.807) is 14.2 Å². The number of hydrogen-bond donors (Lipinski definition) is 2. The first kappa shape index (κ1) is 25.4. The standard InChI is InChI=1S/C18H21N3O2.C4H10O.C2H6/c1-10(2)12-5-6-13(18(22)20-9-12)17-15(23-4)7-14-16(21-17)11(3)8-19-14;1-3-4-5-2;1-2/h5-8,10,19H,9H2,1-4H3,(H,20,22);3-4H2,1-2H3;1-2H3. The molecule has 2 aromatic heterocycles. The molecule has 0 spiro atoms. The number of fused-ring (bicyclic) bond motifs is 1. The molecule has 1 amide bonds. The second kappa shape index (κ2) is 12.9. The summed E-state index contributed by atoms with van der Waals surface area (Å²) in [4.78, 5) is 20.3. The van der Waals surface area contributed by atoms with Crippen LogP contribution in [0.4, 0.5) is 0 Å². The van der Waals surface area contributed by atoms with Crippen molar-refractivity contribution in [2.75, 3.05) is 27.4 Å². The van der Waals surface area contributed by atoms with Crippen LogP contribution in [0.3, 0.4) is 0 Å². The van der Waals surface area contributed by atoms with Gasteiger partial charge in [-0.3, -0.25) is 4.79 Å². The summed E-state index contributed by atoms with van der Waals surface area (Å²) in [5.74, 6) is 0.840. The maximum atomic E-state index is 12.5. The predicted molar refractivity (Wildman–Crippen MR) is 125 cm³/mol. The monoisotopic (exact) mass is 415 g/mol. The maximum Gasteiger partial charge on any atom is 0.253 e. The smallest absolute Gasteiger partial charge is 0.253 e. The normalized spacial score (nSPS) is 13.3. The highest BCUT2D eigenvalue weighted by molar-refractivity contribution is 6.20. The summed E-state index contributed by atoms with van der Waals surface area (Å²) >= 11 is 0. The lowest BCUT2D eigenvalue weighted by Crippen LogP contribution is -2.26. The Labute approximate surface area is 180 Å². The molecular formula is C24H37N3O3. The first-order valence-corrected chi connectivity index (χ1v) is 10.6. The Morgan fingerprint density at radius 1 is 1.20 bits per heavy atom. The maximum absolute atomic E-state index is 12.5. The lowest BCUT2D eigenvalue weighted by atomic mass is 10.0. The highest BCUT2D eigenvalue weighted by atomic mass is 16.5. The summed E-state index contributed by atoms with van der Waals surface area (Å²) < 4.78 is 10.1. The number of carbonyl (C=O) groups is 1. The number of carbonyl (C=O) groups excluding carboxylic acids is 1. The minimum Gasteiger partial charge on any atom is -0.494 e. The van der Waals surface area contributed by atoms with Crippen molar-refractivity contribution < 1.29 is 14.3 Å². The second-order valence-corrected chi connectivity index (χ2v) is 7.06. The number of nitrogens with one attached hydrogen (secondary N) is 2. The van der Waals surface area contributed by atoms with E-state index in [4.69, 9.17) is 9.47 Å². The number of amides is 1. The molecule has 0 unspecified atom stereocenters. The van der Waals surface area contributed by atoms with Gasteiger partial charge in [0.1, 0.15) is 11.4 Å². The molecule has 0 aliphatic carbocycles. The highest BCUT2D eigenvalue weighted by Gasteiger charge is 2.21. The van der Waals surface area contributed by atoms with Gasteiger partial charge in [0.15, 0.2) is 0 Å². The Balaban J connectivity index is 0.000000565. The number of rotatable bonds is 5. The van der Waals surface area contributed by atoms with E-state index in [-0.39, 0.29) is 5.91 Å². The van der Waals surface area contributed by atoms with Gasteiger partial charge in [0.25, 0.3) is 5.91 Å². The van der Waals surface area contributed by atoms with E-state index in [1.165, 1.54) is 5.57 Å². The fourth-order valence-electron chi connectivity index (χ4n) is 2.90. The lowest BCUT2D eigenvalue weighted by Gasteiger charge is -2.12. The van der Waals surface area contributed by atoms with Gasteiger partial charge in [0.2, 0.25) is 0 Å². The number of H-pyrrole nitrogens is 1. The fourth-order valence-corrected chi connectivity index (χ4v) is 2.90. The quantitative estimate of drug-likeness (QED) is 0.717. The molecule has 166 valence electrons. The molecule has 0 radical (unpaired) electrons. The summed E-state index contributed by atoms with van der Waals surface area (Å²) in [6.45, 7) is 13.8. The molecular weight excluding hydrogens is 378 g/mol. The van der Waals surface area contributed by atoms with Crippen LogP contribution in [0.5, 0.6) is 5.75 Å². The zero-order valence-corrected chi connectivity index (χ0v) is 19.7. The summed E-state index contributed by atoms with van der Waals surface area (Å²) in [6, 6.07) is 1.89. The van der Waals surface area contributed by atoms with Crippen LogP contribution in [0.1, 0.15) is 52.3 Å². The van der Waals surface area contributed by atoms with Gasteiger partial charge in [-0.25, -0.2) is 4.98 Å². The average Bonchev–Trinajstić information content (AvgIpc) is 2.99. The van der Waals surface area contributed by atoms with Crippen LogP contribution in [0.15, 0.2) is 30.0 Å². The fraction of sp³-hybridized carbons (Fsp3) is 0.500. The van der Waals surface area contributed by atoms with E-state index in [9.17, 15) is 4.79 Å². The molecule has 2 N–H and O–H groups in total. The Hall–Kier alpha value is -2.60. The van der Waals surface area contributed by atoms with Crippen LogP contribution < -0.4 is 10.1 Å². The van der Waals surface area contributed by atoms with Gasteiger partial charge in [-0.1, -0.05) is 40.7 Å². The number of methoxy groups -OCH3 is 2. The molecule has 6 heteroatoms. The van der Waals surface area contributed by atoms with Gasteiger partial charge in [0.05, 0.1) is 23.7 Å². The van der Waals surface area contributed by atoms with Gasteiger partial charge in [-0.15, -0.1) is 0 Å². The molecule has 1 aliphatic heterocycles. The van der Waals surface area contributed by atoms with Gasteiger partial charge >= 0.3 is 0 Å². The van der Waals surface area contributed by atoms with Crippen molar-refractivity contribution in [2.45, 2.75) is 48.0 Å². The number of aromatic amines is 1. The summed E-state index contributed by atoms with van der Waals surface area (Å²) in [7, 11) is 3.30. The Bertz CT molecular complexity index is 877. The van der Waals surface area contributed by atoms with E-state index in [1.807, 2.05) is 45.2 Å². The van der Waals surface area contributed by atoms with Crippen molar-refractivity contribution in [2.24, 2.45) is 5.92 Å². The van der Waals surface area contributed by atoms with E-state index >= 15 is 0 Å². The lowest BCUT2D eigenvalue weighted by molar-refractivity contribution is -0.115. The van der Waals surface area contributed by atoms with Gasteiger partial charge < -0.3 is 19.8 Å². The first-order chi connectivity index (χ1) is 14.4. The van der Waals surface area contributed by atoms with Gasteiger partial charge in [0, 0.05) is 32.5 Å². The minimum absolute atomic E-state index is 0.129. The molecule has 0 atom stereocenters. The van der Waals surface area contributed by atoms with Crippen LogP contribution in [-0.2, 0) is 9.53 Å². The van der Waals surface area contributed by atoms with Crippen molar-refractivity contribution in [1.82, 2.24) is 15.3 Å². The summed E-state index contributed by atoms with van der Waals surface area (Å²) in [6.07, 6.45) is 6.87. The second-order valence-electron chi connectivity index (χ2n) is 7.06. The van der Waals surface area contributed by atoms with Crippen molar-refractivity contribution in [3.63, 3.8) is 0 Å². The predicted octanol–water partition coefficient (Wildman–Crippen LogP) is 5.04. The molecule has 0 saturated heterocycles. The molecule has 0 saturated carbocycles. The molecule has 6 nitrogen and oxygen atoms in total. The number of hydrogen-bond acceptors (Lipinski definition) is 4. The molecule has 1 aliphatic rings. The zero-order valence-electron chi connectivity index (χ0n) is 19.7. The number of aryl methyl sites for hydroxylation is 1. The van der Waals surface area contributed by atoms with Crippen LogP contribution in [0.2, 0.25) is 0 Å². The first-order valence-electron chi connectivity index (χ1n) is 10.6. The van der Waals surface area contributed by atoms with Crippen LogP contribution in [-0.4, -0.2) is 43.2 Å². The number of pyridine rings is 1. The van der Waals surface area contributed by atoms with Crippen molar-refractivity contribution in [1.29, 1.82) is 0 Å². The number of allylic oxidation sites excluding steroid dienone is 2. The minimum atomic E-state index is -0.129. The largest absolute Gasteiger partial charge is 0.494 e. The molecule has 0 fully saturated rings. The third kappa shape index (κ3) is 6.46. The van der Waals surface area contributed by atoms with Crippen LogP contribution >= 0.6 is 0 Å². The van der Waals surface area contributed by atoms with E-state index in [0.717, 1.165) is 29.6 Å². The average molecular weight is 416 g/mol. The third-order valence-electron chi connectivity index (χ3n) is 4.59. The molecule has 0 bridgehead atoms. The molecule has 2 aromatic rings. The highest BCUT2D eigenvalue weighted by Crippen LogP contribution is 2.30.